The van der Waals surface area contributed by atoms with E-state index in [-0.39, 0.29) is 89.1 Å². The predicted molar refractivity (Wildman–Crippen MR) is 77.4 cm³/mol. The van der Waals surface area contributed by atoms with Crippen molar-refractivity contribution in [3.8, 4) is 0 Å². The van der Waals surface area contributed by atoms with Gasteiger partial charge >= 0.3 is 40.8 Å². The summed E-state index contributed by atoms with van der Waals surface area (Å²) >= 11 is 0. The van der Waals surface area contributed by atoms with Crippen LogP contribution in [0.1, 0.15) is 39.1 Å². The van der Waals surface area contributed by atoms with Crippen molar-refractivity contribution in [1.29, 1.82) is 0 Å². The second kappa shape index (κ2) is 9.86. The second-order valence-corrected chi connectivity index (χ2v) is 6.44. The summed E-state index contributed by atoms with van der Waals surface area (Å²) in [4.78, 5) is 13.6. The summed E-state index contributed by atoms with van der Waals surface area (Å²) in [7, 11) is 0. The molecule has 2 aliphatic rings. The number of aliphatic imine (C=N–C) groups is 2. The predicted octanol–water partition coefficient (Wildman–Crippen LogP) is -6.80. The molecule has 9 heteroatoms. The topological polar surface area (TPSA) is 56.1 Å². The third-order valence-corrected chi connectivity index (χ3v) is 3.12. The van der Waals surface area contributed by atoms with E-state index in [1.165, 1.54) is 0 Å². The summed E-state index contributed by atoms with van der Waals surface area (Å²) in [5.41, 5.74) is 1.08. The van der Waals surface area contributed by atoms with E-state index in [0.717, 1.165) is 11.4 Å². The third kappa shape index (κ3) is 6.24. The Kier molecular flexibility index (Phi) is 10.9. The zero-order valence-electron chi connectivity index (χ0n) is 13.9. The minimum absolute atomic E-state index is 0. The van der Waals surface area contributed by atoms with Crippen LogP contribution in [0.15, 0.2) is 28.2 Å². The van der Waals surface area contributed by atoms with Crippen LogP contribution in [-0.2, 0) is 9.47 Å². The van der Waals surface area contributed by atoms with Crippen molar-refractivity contribution >= 4 is 11.8 Å². The van der Waals surface area contributed by atoms with Gasteiger partial charge in [0.1, 0.15) is 24.6 Å². The fraction of sp³-hybridized carbons (Fsp3) is 0.533. The summed E-state index contributed by atoms with van der Waals surface area (Å²) < 4.78 is 11.2. The van der Waals surface area contributed by atoms with Gasteiger partial charge in [-0.2, -0.15) is 0 Å². The Morgan fingerprint density at radius 1 is 0.792 bits per heavy atom. The number of aromatic nitrogens is 1. The first-order valence-electron chi connectivity index (χ1n) is 6.78. The van der Waals surface area contributed by atoms with Gasteiger partial charge in [0, 0.05) is 0 Å². The summed E-state index contributed by atoms with van der Waals surface area (Å²) in [6.07, 6.45) is 0. The first-order valence-corrected chi connectivity index (χ1v) is 6.78. The van der Waals surface area contributed by atoms with Crippen molar-refractivity contribution in [2.24, 2.45) is 9.98 Å². The molecule has 3 heterocycles. The molecule has 1 radical (unpaired) electrons. The van der Waals surface area contributed by atoms with Gasteiger partial charge in [-0.1, -0.05) is 6.07 Å². The van der Waals surface area contributed by atoms with Gasteiger partial charge in [0.05, 0.1) is 11.1 Å². The van der Waals surface area contributed by atoms with Gasteiger partial charge in [0.25, 0.3) is 0 Å². The Morgan fingerprint density at radius 3 is 1.46 bits per heavy atom. The minimum Gasteiger partial charge on any atom is -1.00 e. The van der Waals surface area contributed by atoms with Crippen LogP contribution in [0.2, 0.25) is 0 Å². The van der Waals surface area contributed by atoms with Gasteiger partial charge < -0.3 is 46.7 Å². The van der Waals surface area contributed by atoms with Gasteiger partial charge in [-0.25, -0.2) is 15.0 Å². The van der Waals surface area contributed by atoms with E-state index in [1.54, 1.807) is 0 Å². The van der Waals surface area contributed by atoms with E-state index in [1.807, 2.05) is 45.9 Å². The third-order valence-electron chi connectivity index (χ3n) is 3.12. The molecule has 0 saturated carbocycles. The van der Waals surface area contributed by atoms with Crippen LogP contribution in [0, 0.1) is 40.8 Å². The van der Waals surface area contributed by atoms with Crippen molar-refractivity contribution in [3.63, 3.8) is 0 Å². The van der Waals surface area contributed by atoms with E-state index in [4.69, 9.17) is 9.47 Å². The molecule has 24 heavy (non-hydrogen) atoms. The molecule has 0 fully saturated rings. The van der Waals surface area contributed by atoms with Crippen LogP contribution in [-0.4, -0.2) is 41.1 Å². The summed E-state index contributed by atoms with van der Waals surface area (Å²) in [5.74, 6) is 1.18. The maximum Gasteiger partial charge on any atom is 3.00 e. The van der Waals surface area contributed by atoms with Gasteiger partial charge in [-0.3, -0.25) is 0 Å². The van der Waals surface area contributed by atoms with Crippen molar-refractivity contribution < 1.29 is 87.5 Å². The number of halogens is 3. The molecule has 1 aromatic heterocycles. The average molecular weight is 524 g/mol. The maximum absolute atomic E-state index is 5.62. The van der Waals surface area contributed by atoms with Crippen molar-refractivity contribution in [3.05, 3.63) is 29.6 Å². The largest absolute Gasteiger partial charge is 3.00 e. The summed E-state index contributed by atoms with van der Waals surface area (Å²) in [5, 5.41) is 0. The minimum atomic E-state index is -0.184. The Morgan fingerprint density at radius 2 is 1.17 bits per heavy atom. The summed E-state index contributed by atoms with van der Waals surface area (Å²) in [6.45, 7) is 9.32. The number of rotatable bonds is 2. The van der Waals surface area contributed by atoms with E-state index in [0.29, 0.717) is 25.0 Å². The fourth-order valence-corrected chi connectivity index (χ4v) is 2.10. The van der Waals surface area contributed by atoms with Crippen LogP contribution >= 0.6 is 0 Å². The Labute approximate surface area is 194 Å². The fourth-order valence-electron chi connectivity index (χ4n) is 2.10. The monoisotopic (exact) mass is 520 g/mol. The normalized spacial score (nSPS) is 19.0. The van der Waals surface area contributed by atoms with Crippen LogP contribution in [0.25, 0.3) is 0 Å². The van der Waals surface area contributed by atoms with Crippen molar-refractivity contribution in [2.75, 3.05) is 13.2 Å². The van der Waals surface area contributed by atoms with Crippen molar-refractivity contribution in [1.82, 2.24) is 4.98 Å². The number of hydrogen-bond acceptors (Lipinski definition) is 5. The molecule has 5 nitrogen and oxygen atoms in total. The first kappa shape index (κ1) is 26.5. The quantitative estimate of drug-likeness (QED) is 0.387. The zero-order valence-corrected chi connectivity index (χ0v) is 19.4. The molecule has 0 saturated heterocycles. The molecule has 0 aromatic carbocycles. The molecule has 131 valence electrons. The summed E-state index contributed by atoms with van der Waals surface area (Å²) in [6, 6.07) is 5.71. The molecule has 0 bridgehead atoms. The molecular formula is C15H19Cl3N3NdO2. The van der Waals surface area contributed by atoms with Gasteiger partial charge in [0.15, 0.2) is 0 Å². The molecule has 2 aliphatic heterocycles. The maximum atomic E-state index is 5.62. The molecule has 3 rings (SSSR count). The number of nitrogens with zero attached hydrogens (tertiary/aromatic N) is 3. The van der Waals surface area contributed by atoms with Crippen molar-refractivity contribution in [2.45, 2.75) is 38.8 Å². The molecule has 0 N–H and O–H groups in total. The molecular weight excluding hydrogens is 505 g/mol. The molecule has 0 spiro atoms. The van der Waals surface area contributed by atoms with E-state index in [9.17, 15) is 0 Å². The van der Waals surface area contributed by atoms with E-state index < -0.39 is 0 Å². The van der Waals surface area contributed by atoms with Gasteiger partial charge in [-0.15, -0.1) is 0 Å². The molecule has 0 atom stereocenters. The average Bonchev–Trinajstić information content (AvgIpc) is 2.92. The molecule has 0 aliphatic carbocycles. The van der Waals surface area contributed by atoms with Crippen LogP contribution < -0.4 is 37.2 Å². The van der Waals surface area contributed by atoms with Crippen LogP contribution in [0.5, 0.6) is 0 Å². The smallest absolute Gasteiger partial charge is 1.00 e. The Hall–Kier alpha value is 0.311. The molecule has 0 unspecified atom stereocenters. The standard InChI is InChI=1S/C15H19N3O2.3ClH.Nd/c1-14(2)8-19-12(17-14)10-6-5-7-11(16-10)13-18-15(3,4)9-20-13;;;;/h5-7H,8-9H2,1-4H3;3*1H;/q;;;;+3/p-3. The van der Waals surface area contributed by atoms with E-state index >= 15 is 0 Å². The van der Waals surface area contributed by atoms with Gasteiger partial charge in [0.2, 0.25) is 11.8 Å². The molecule has 0 amide bonds. The first-order chi connectivity index (χ1) is 9.35. The second-order valence-electron chi connectivity index (χ2n) is 6.44. The Balaban J connectivity index is 0. The molecule has 1 aromatic rings. The number of ether oxygens (including phenoxy) is 2. The van der Waals surface area contributed by atoms with Crippen LogP contribution in [0.4, 0.5) is 0 Å². The number of pyridine rings is 1. The SMILES string of the molecule is CC1(C)COC(c2cccc(C3=NC(C)(C)CO3)n2)=N1.[Cl-].[Cl-].[Cl-].[Nd+3]. The van der Waals surface area contributed by atoms with Gasteiger partial charge in [-0.05, 0) is 39.8 Å². The zero-order chi connectivity index (χ0) is 14.4. The van der Waals surface area contributed by atoms with Crippen LogP contribution in [0.3, 0.4) is 0 Å². The number of hydrogen-bond donors (Lipinski definition) is 0. The van der Waals surface area contributed by atoms with E-state index in [2.05, 4.69) is 15.0 Å². The Bertz CT molecular complexity index is 572.